The average Bonchev–Trinajstić information content (AvgIpc) is 3.29. The second kappa shape index (κ2) is 53.0. The zero-order chi connectivity index (χ0) is 46.5. The lowest BCUT2D eigenvalue weighted by atomic mass is 10.0. The van der Waals surface area contributed by atoms with Crippen LogP contribution in [0.5, 0.6) is 0 Å². The second-order valence-corrected chi connectivity index (χ2v) is 18.5. The van der Waals surface area contributed by atoms with E-state index in [4.69, 9.17) is 14.2 Å². The van der Waals surface area contributed by atoms with Crippen LogP contribution >= 0.6 is 0 Å². The smallest absolute Gasteiger partial charge is 0.306 e. The van der Waals surface area contributed by atoms with Gasteiger partial charge in [-0.05, 0) is 57.8 Å². The first kappa shape index (κ1) is 61.4. The first-order valence-electron chi connectivity index (χ1n) is 27.6. The van der Waals surface area contributed by atoms with Crippen molar-refractivity contribution >= 4 is 17.9 Å². The molecule has 0 aliphatic carbocycles. The minimum Gasteiger partial charge on any atom is -0.462 e. The van der Waals surface area contributed by atoms with Crippen molar-refractivity contribution in [2.24, 2.45) is 0 Å². The molecule has 372 valence electrons. The fraction of sp³-hybridized carbons (Fsp3) is 0.810. The Labute approximate surface area is 397 Å². The third kappa shape index (κ3) is 50.4. The van der Waals surface area contributed by atoms with Gasteiger partial charge in [0.15, 0.2) is 6.10 Å². The van der Waals surface area contributed by atoms with Gasteiger partial charge in [0.2, 0.25) is 0 Å². The lowest BCUT2D eigenvalue weighted by Crippen LogP contribution is -2.30. The number of carbonyl (C=O) groups is 3. The van der Waals surface area contributed by atoms with Crippen LogP contribution in [0.4, 0.5) is 0 Å². The van der Waals surface area contributed by atoms with Crippen molar-refractivity contribution in [3.63, 3.8) is 0 Å². The van der Waals surface area contributed by atoms with Gasteiger partial charge in [-0.2, -0.15) is 0 Å². The minimum absolute atomic E-state index is 0.0859. The highest BCUT2D eigenvalue weighted by molar-refractivity contribution is 5.71. The number of rotatable bonds is 50. The molecule has 64 heavy (non-hydrogen) atoms. The SMILES string of the molecule is CCCCC/C=C\C/C=C\C/C=C\C/C=C\CCCC(=O)OCC(COC(=O)CCCCCCCCCCCCCC)OC(=O)CCCCCCCCCCCCCCCCCCC. The quantitative estimate of drug-likeness (QED) is 0.0262. The summed E-state index contributed by atoms with van der Waals surface area (Å²) in [5.41, 5.74) is 0. The van der Waals surface area contributed by atoms with Gasteiger partial charge in [-0.25, -0.2) is 0 Å². The van der Waals surface area contributed by atoms with Crippen molar-refractivity contribution in [2.75, 3.05) is 13.2 Å². The topological polar surface area (TPSA) is 78.9 Å². The van der Waals surface area contributed by atoms with Crippen molar-refractivity contribution in [3.8, 4) is 0 Å². The van der Waals surface area contributed by atoms with Crippen LogP contribution in [0.25, 0.3) is 0 Å². The Bertz CT molecular complexity index is 1120. The van der Waals surface area contributed by atoms with E-state index in [2.05, 4.69) is 69.4 Å². The summed E-state index contributed by atoms with van der Waals surface area (Å²) in [5, 5.41) is 0. The Kier molecular flexibility index (Phi) is 50.8. The zero-order valence-corrected chi connectivity index (χ0v) is 42.6. The predicted molar refractivity (Wildman–Crippen MR) is 275 cm³/mol. The maximum absolute atomic E-state index is 12.8. The molecule has 0 amide bonds. The van der Waals surface area contributed by atoms with Crippen LogP contribution in [0.1, 0.15) is 284 Å². The predicted octanol–water partition coefficient (Wildman–Crippen LogP) is 18.3. The van der Waals surface area contributed by atoms with Crippen molar-refractivity contribution < 1.29 is 28.6 Å². The molecule has 6 heteroatoms. The summed E-state index contributed by atoms with van der Waals surface area (Å²) in [7, 11) is 0. The first-order valence-corrected chi connectivity index (χ1v) is 27.6. The highest BCUT2D eigenvalue weighted by Gasteiger charge is 2.19. The number of ether oxygens (including phenoxy) is 3. The number of hydrogen-bond acceptors (Lipinski definition) is 6. The Morgan fingerprint density at radius 3 is 0.938 bits per heavy atom. The summed E-state index contributed by atoms with van der Waals surface area (Å²) in [5.74, 6) is -0.931. The van der Waals surface area contributed by atoms with E-state index in [1.807, 2.05) is 0 Å². The Morgan fingerprint density at radius 2 is 0.578 bits per heavy atom. The summed E-state index contributed by atoms with van der Waals surface area (Å²) in [4.78, 5) is 38.0. The van der Waals surface area contributed by atoms with Gasteiger partial charge in [0, 0.05) is 19.3 Å². The van der Waals surface area contributed by atoms with Crippen LogP contribution in [0.15, 0.2) is 48.6 Å². The fourth-order valence-electron chi connectivity index (χ4n) is 7.91. The largest absolute Gasteiger partial charge is 0.462 e. The molecule has 0 bridgehead atoms. The van der Waals surface area contributed by atoms with Gasteiger partial charge in [-0.1, -0.05) is 256 Å². The molecule has 0 rings (SSSR count). The molecular formula is C58H104O6. The molecule has 0 aromatic heterocycles. The first-order chi connectivity index (χ1) is 31.5. The Hall–Kier alpha value is -2.63. The number of hydrogen-bond donors (Lipinski definition) is 0. The summed E-state index contributed by atoms with van der Waals surface area (Å²) in [6.07, 6.45) is 63.9. The van der Waals surface area contributed by atoms with Crippen molar-refractivity contribution in [2.45, 2.75) is 290 Å². The Morgan fingerprint density at radius 1 is 0.312 bits per heavy atom. The van der Waals surface area contributed by atoms with Gasteiger partial charge >= 0.3 is 17.9 Å². The van der Waals surface area contributed by atoms with Gasteiger partial charge < -0.3 is 14.2 Å². The summed E-state index contributed by atoms with van der Waals surface area (Å²) >= 11 is 0. The van der Waals surface area contributed by atoms with Crippen LogP contribution in [-0.2, 0) is 28.6 Å². The molecule has 0 N–H and O–H groups in total. The molecule has 0 saturated heterocycles. The fourth-order valence-corrected chi connectivity index (χ4v) is 7.91. The third-order valence-corrected chi connectivity index (χ3v) is 12.1. The zero-order valence-electron chi connectivity index (χ0n) is 42.6. The van der Waals surface area contributed by atoms with E-state index < -0.39 is 6.10 Å². The maximum atomic E-state index is 12.8. The van der Waals surface area contributed by atoms with E-state index in [1.165, 1.54) is 173 Å². The molecule has 0 heterocycles. The lowest BCUT2D eigenvalue weighted by molar-refractivity contribution is -0.167. The molecule has 0 aliphatic rings. The normalized spacial score (nSPS) is 12.4. The highest BCUT2D eigenvalue weighted by Crippen LogP contribution is 2.16. The highest BCUT2D eigenvalue weighted by atomic mass is 16.6. The van der Waals surface area contributed by atoms with Gasteiger partial charge in [-0.15, -0.1) is 0 Å². The van der Waals surface area contributed by atoms with E-state index in [0.717, 1.165) is 64.2 Å². The Balaban J connectivity index is 4.41. The van der Waals surface area contributed by atoms with Crippen molar-refractivity contribution in [3.05, 3.63) is 48.6 Å². The van der Waals surface area contributed by atoms with E-state index in [0.29, 0.717) is 19.3 Å². The van der Waals surface area contributed by atoms with E-state index in [9.17, 15) is 14.4 Å². The third-order valence-electron chi connectivity index (χ3n) is 12.1. The maximum Gasteiger partial charge on any atom is 0.306 e. The molecule has 0 radical (unpaired) electrons. The van der Waals surface area contributed by atoms with E-state index in [-0.39, 0.29) is 37.5 Å². The van der Waals surface area contributed by atoms with Crippen LogP contribution in [0, 0.1) is 0 Å². The van der Waals surface area contributed by atoms with Crippen molar-refractivity contribution in [1.82, 2.24) is 0 Å². The summed E-state index contributed by atoms with van der Waals surface area (Å²) in [6, 6.07) is 0. The number of carbonyl (C=O) groups excluding carboxylic acids is 3. The molecule has 6 nitrogen and oxygen atoms in total. The van der Waals surface area contributed by atoms with Crippen LogP contribution < -0.4 is 0 Å². The second-order valence-electron chi connectivity index (χ2n) is 18.5. The molecule has 0 saturated carbocycles. The average molecular weight is 897 g/mol. The van der Waals surface area contributed by atoms with Crippen molar-refractivity contribution in [1.29, 1.82) is 0 Å². The summed E-state index contributed by atoms with van der Waals surface area (Å²) < 4.78 is 16.8. The lowest BCUT2D eigenvalue weighted by Gasteiger charge is -2.18. The standard InChI is InChI=1S/C58H104O6/c1-4-7-10-13-16-19-22-25-27-29-31-33-36-39-42-45-48-51-57(60)63-54-55(53-62-56(59)50-47-44-41-38-35-24-21-18-15-12-9-6-3)64-58(61)52-49-46-43-40-37-34-32-30-28-26-23-20-17-14-11-8-5-2/h16,19,25,27,31,33,39,42,55H,4-15,17-18,20-24,26,28-30,32,34-38,40-41,43-54H2,1-3H3/b19-16-,27-25-,33-31-,42-39-. The van der Waals surface area contributed by atoms with Gasteiger partial charge in [0.1, 0.15) is 13.2 Å². The minimum atomic E-state index is -0.790. The molecule has 0 spiro atoms. The van der Waals surface area contributed by atoms with Gasteiger partial charge in [0.05, 0.1) is 0 Å². The van der Waals surface area contributed by atoms with Gasteiger partial charge in [0.25, 0.3) is 0 Å². The number of unbranched alkanes of at least 4 members (excludes halogenated alkanes) is 31. The summed E-state index contributed by atoms with van der Waals surface area (Å²) in [6.45, 7) is 6.59. The molecule has 1 unspecified atom stereocenters. The molecule has 0 fully saturated rings. The van der Waals surface area contributed by atoms with Gasteiger partial charge in [-0.3, -0.25) is 14.4 Å². The molecule has 0 aromatic rings. The molecule has 1 atom stereocenters. The molecule has 0 aromatic carbocycles. The monoisotopic (exact) mass is 897 g/mol. The number of esters is 3. The van der Waals surface area contributed by atoms with E-state index in [1.54, 1.807) is 0 Å². The van der Waals surface area contributed by atoms with E-state index >= 15 is 0 Å². The molecular weight excluding hydrogens is 793 g/mol. The molecule has 0 aliphatic heterocycles. The van der Waals surface area contributed by atoms with Crippen LogP contribution in [-0.4, -0.2) is 37.2 Å². The van der Waals surface area contributed by atoms with Crippen LogP contribution in [0.3, 0.4) is 0 Å². The van der Waals surface area contributed by atoms with Crippen LogP contribution in [0.2, 0.25) is 0 Å². The number of allylic oxidation sites excluding steroid dienone is 8.